The Bertz CT molecular complexity index is 98.2. The molecule has 0 aromatic heterocycles. The zero-order valence-electron chi connectivity index (χ0n) is 5.49. The minimum atomic E-state index is 0.694. The molecule has 0 saturated heterocycles. The Balaban J connectivity index is 3.62. The predicted molar refractivity (Wildman–Crippen MR) is 35.3 cm³/mol. The fourth-order valence-electron chi connectivity index (χ4n) is 0.234. The number of nitrogens with one attached hydrogen (secondary N) is 1. The summed E-state index contributed by atoms with van der Waals surface area (Å²) in [7, 11) is 1.69. The van der Waals surface area contributed by atoms with Crippen LogP contribution >= 0.6 is 0 Å². The van der Waals surface area contributed by atoms with Gasteiger partial charge < -0.3 is 10.6 Å². The normalized spacial score (nSPS) is 12.8. The second-order valence-electron chi connectivity index (χ2n) is 1.55. The molecule has 0 aliphatic carbocycles. The van der Waals surface area contributed by atoms with E-state index in [9.17, 15) is 0 Å². The van der Waals surface area contributed by atoms with Crippen LogP contribution < -0.4 is 11.1 Å². The molecule has 0 unspecified atom stereocenters. The number of hydrogen-bond acceptors (Lipinski definition) is 3. The van der Waals surface area contributed by atoms with Crippen LogP contribution in [0.3, 0.4) is 0 Å². The van der Waals surface area contributed by atoms with E-state index in [1.165, 1.54) is 0 Å². The Kier molecular flexibility index (Phi) is 3.11. The monoisotopic (exact) mass is 114 g/mol. The highest BCUT2D eigenvalue weighted by Gasteiger charge is 1.88. The standard InChI is InChI=1S/C4H11BN2O/c1-3(6)4(2)8-7-5/h7H,5-6H2,1-2H3/b4-3-. The summed E-state index contributed by atoms with van der Waals surface area (Å²) in [4.78, 5) is 4.81. The van der Waals surface area contributed by atoms with Gasteiger partial charge in [0, 0.05) is 5.70 Å². The maximum absolute atomic E-state index is 5.34. The van der Waals surface area contributed by atoms with E-state index < -0.39 is 0 Å². The van der Waals surface area contributed by atoms with Crippen LogP contribution in [0.4, 0.5) is 0 Å². The molecule has 0 spiro atoms. The quantitative estimate of drug-likeness (QED) is 0.282. The second kappa shape index (κ2) is 3.38. The van der Waals surface area contributed by atoms with Crippen molar-refractivity contribution in [1.29, 1.82) is 0 Å². The first-order chi connectivity index (χ1) is 3.68. The first-order valence-corrected chi connectivity index (χ1v) is 2.45. The molecule has 0 bridgehead atoms. The lowest BCUT2D eigenvalue weighted by atomic mass is 10.4. The van der Waals surface area contributed by atoms with Crippen LogP contribution in [0.2, 0.25) is 0 Å². The molecule has 3 N–H and O–H groups in total. The van der Waals surface area contributed by atoms with Gasteiger partial charge in [0.1, 0.15) is 5.76 Å². The van der Waals surface area contributed by atoms with Gasteiger partial charge in [0.05, 0.1) is 0 Å². The summed E-state index contributed by atoms with van der Waals surface area (Å²) in [5.74, 6) is 0.715. The summed E-state index contributed by atoms with van der Waals surface area (Å²) in [6, 6.07) is 0. The van der Waals surface area contributed by atoms with Crippen LogP contribution in [0, 0.1) is 0 Å². The fourth-order valence-corrected chi connectivity index (χ4v) is 0.234. The predicted octanol–water partition coefficient (Wildman–Crippen LogP) is -0.734. The van der Waals surface area contributed by atoms with E-state index in [4.69, 9.17) is 10.6 Å². The Hall–Kier alpha value is -0.635. The van der Waals surface area contributed by atoms with Gasteiger partial charge in [-0.1, -0.05) is 0 Å². The van der Waals surface area contributed by atoms with Crippen molar-refractivity contribution in [2.45, 2.75) is 13.8 Å². The Morgan fingerprint density at radius 1 is 1.62 bits per heavy atom. The smallest absolute Gasteiger partial charge is 0.231 e. The summed E-state index contributed by atoms with van der Waals surface area (Å²) in [5, 5.41) is 2.51. The van der Waals surface area contributed by atoms with Crippen molar-refractivity contribution >= 4 is 7.98 Å². The third-order valence-electron chi connectivity index (χ3n) is 0.810. The highest BCUT2D eigenvalue weighted by molar-refractivity contribution is 6.03. The van der Waals surface area contributed by atoms with Gasteiger partial charge in [-0.25, -0.2) is 5.39 Å². The van der Waals surface area contributed by atoms with Crippen LogP contribution in [0.25, 0.3) is 0 Å². The van der Waals surface area contributed by atoms with Crippen molar-refractivity contribution in [3.8, 4) is 0 Å². The van der Waals surface area contributed by atoms with Gasteiger partial charge in [0.2, 0.25) is 7.98 Å². The molecule has 0 heterocycles. The molecule has 0 aliphatic heterocycles. The molecule has 0 atom stereocenters. The van der Waals surface area contributed by atoms with Crippen LogP contribution in [0.5, 0.6) is 0 Å². The second-order valence-corrected chi connectivity index (χ2v) is 1.55. The molecule has 0 fully saturated rings. The lowest BCUT2D eigenvalue weighted by Gasteiger charge is -2.02. The molecule has 0 saturated carbocycles. The number of nitrogens with two attached hydrogens (primary N) is 1. The van der Waals surface area contributed by atoms with Crippen LogP contribution in [0.1, 0.15) is 13.8 Å². The van der Waals surface area contributed by atoms with Crippen LogP contribution in [-0.2, 0) is 4.84 Å². The highest BCUT2D eigenvalue weighted by atomic mass is 16.6. The molecule has 0 rings (SSSR count). The number of rotatable bonds is 2. The topological polar surface area (TPSA) is 47.3 Å². The number of allylic oxidation sites excluding steroid dienone is 2. The fraction of sp³-hybridized carbons (Fsp3) is 0.500. The van der Waals surface area contributed by atoms with Crippen molar-refractivity contribution in [1.82, 2.24) is 5.39 Å². The molecule has 8 heavy (non-hydrogen) atoms. The molecule has 0 aromatic rings. The van der Waals surface area contributed by atoms with E-state index in [-0.39, 0.29) is 0 Å². The van der Waals surface area contributed by atoms with Crippen molar-refractivity contribution in [3.05, 3.63) is 11.5 Å². The van der Waals surface area contributed by atoms with Gasteiger partial charge in [-0.05, 0) is 13.8 Å². The van der Waals surface area contributed by atoms with E-state index >= 15 is 0 Å². The SMILES string of the molecule is BNO/C(C)=C(/C)N. The van der Waals surface area contributed by atoms with Gasteiger partial charge in [-0.15, -0.1) is 0 Å². The minimum absolute atomic E-state index is 0.694. The average Bonchev–Trinajstić information content (AvgIpc) is 1.67. The van der Waals surface area contributed by atoms with Gasteiger partial charge >= 0.3 is 0 Å². The van der Waals surface area contributed by atoms with Gasteiger partial charge in [0.25, 0.3) is 0 Å². The van der Waals surface area contributed by atoms with Gasteiger partial charge in [0.15, 0.2) is 0 Å². The van der Waals surface area contributed by atoms with Crippen molar-refractivity contribution in [2.24, 2.45) is 5.73 Å². The third kappa shape index (κ3) is 2.52. The molecular weight excluding hydrogens is 103 g/mol. The van der Waals surface area contributed by atoms with Gasteiger partial charge in [-0.3, -0.25) is 0 Å². The van der Waals surface area contributed by atoms with E-state index in [2.05, 4.69) is 5.39 Å². The van der Waals surface area contributed by atoms with Crippen molar-refractivity contribution in [2.75, 3.05) is 0 Å². The molecule has 46 valence electrons. The third-order valence-corrected chi connectivity index (χ3v) is 0.810. The first-order valence-electron chi connectivity index (χ1n) is 2.45. The maximum Gasteiger partial charge on any atom is 0.231 e. The summed E-state index contributed by atoms with van der Waals surface area (Å²) < 4.78 is 0. The summed E-state index contributed by atoms with van der Waals surface area (Å²) in [5.41, 5.74) is 6.03. The molecule has 3 nitrogen and oxygen atoms in total. The Morgan fingerprint density at radius 2 is 2.12 bits per heavy atom. The zero-order valence-corrected chi connectivity index (χ0v) is 5.49. The lowest BCUT2D eigenvalue weighted by molar-refractivity contribution is 0.169. The average molecular weight is 114 g/mol. The lowest BCUT2D eigenvalue weighted by Crippen LogP contribution is -2.10. The summed E-state index contributed by atoms with van der Waals surface area (Å²) in [6.45, 7) is 3.58. The molecular formula is C4H11BN2O. The first kappa shape index (κ1) is 7.36. The van der Waals surface area contributed by atoms with E-state index in [0.29, 0.717) is 11.5 Å². The van der Waals surface area contributed by atoms with Crippen LogP contribution in [-0.4, -0.2) is 7.98 Å². The molecule has 0 aliphatic rings. The molecule has 0 radical (unpaired) electrons. The summed E-state index contributed by atoms with van der Waals surface area (Å²) in [6.07, 6.45) is 0. The zero-order chi connectivity index (χ0) is 6.57. The highest BCUT2D eigenvalue weighted by Crippen LogP contribution is 1.93. The van der Waals surface area contributed by atoms with Crippen molar-refractivity contribution < 1.29 is 4.84 Å². The van der Waals surface area contributed by atoms with E-state index in [1.54, 1.807) is 21.8 Å². The van der Waals surface area contributed by atoms with Crippen LogP contribution in [0.15, 0.2) is 11.5 Å². The summed E-state index contributed by atoms with van der Waals surface area (Å²) >= 11 is 0. The number of hydrogen-bond donors (Lipinski definition) is 2. The molecule has 0 aromatic carbocycles. The Labute approximate surface area is 50.3 Å². The minimum Gasteiger partial charge on any atom is -0.424 e. The van der Waals surface area contributed by atoms with Crippen molar-refractivity contribution in [3.63, 3.8) is 0 Å². The molecule has 4 heteroatoms. The maximum atomic E-state index is 5.34. The van der Waals surface area contributed by atoms with E-state index in [0.717, 1.165) is 0 Å². The molecule has 0 amide bonds. The van der Waals surface area contributed by atoms with Gasteiger partial charge in [-0.2, -0.15) is 0 Å². The largest absolute Gasteiger partial charge is 0.424 e. The van der Waals surface area contributed by atoms with E-state index in [1.807, 2.05) is 0 Å². The Morgan fingerprint density at radius 3 is 2.25 bits per heavy atom.